The van der Waals surface area contributed by atoms with Gasteiger partial charge in [-0.25, -0.2) is 4.79 Å². The Bertz CT molecular complexity index is 526. The molecule has 1 aliphatic rings. The third kappa shape index (κ3) is 2.81. The van der Waals surface area contributed by atoms with E-state index in [-0.39, 0.29) is 30.5 Å². The van der Waals surface area contributed by atoms with Crippen molar-refractivity contribution < 1.29 is 19.4 Å². The summed E-state index contributed by atoms with van der Waals surface area (Å²) < 4.78 is 5.11. The smallest absolute Gasteiger partial charge is 0.335 e. The molecular formula is C14H18N2O4. The SMILES string of the molecule is COC(CN)CC(=O)N1CCc2ccc(C(=O)O)cc21. The Labute approximate surface area is 117 Å². The highest BCUT2D eigenvalue weighted by molar-refractivity contribution is 5.98. The summed E-state index contributed by atoms with van der Waals surface area (Å²) in [5.74, 6) is -1.09. The van der Waals surface area contributed by atoms with Crippen molar-refractivity contribution in [1.29, 1.82) is 0 Å². The van der Waals surface area contributed by atoms with Crippen LogP contribution < -0.4 is 10.6 Å². The first-order valence-electron chi connectivity index (χ1n) is 6.46. The molecule has 0 aliphatic carbocycles. The third-order valence-corrected chi connectivity index (χ3v) is 3.53. The lowest BCUT2D eigenvalue weighted by Gasteiger charge is -2.20. The summed E-state index contributed by atoms with van der Waals surface area (Å²) in [7, 11) is 1.52. The van der Waals surface area contributed by atoms with Crippen molar-refractivity contribution in [2.45, 2.75) is 18.9 Å². The van der Waals surface area contributed by atoms with Gasteiger partial charge in [-0.15, -0.1) is 0 Å². The van der Waals surface area contributed by atoms with Gasteiger partial charge in [0.1, 0.15) is 0 Å². The van der Waals surface area contributed by atoms with Crippen molar-refractivity contribution in [3.05, 3.63) is 29.3 Å². The van der Waals surface area contributed by atoms with E-state index in [1.54, 1.807) is 23.1 Å². The van der Waals surface area contributed by atoms with Gasteiger partial charge in [-0.2, -0.15) is 0 Å². The number of carboxylic acids is 1. The fourth-order valence-electron chi connectivity index (χ4n) is 2.34. The maximum atomic E-state index is 12.3. The number of rotatable bonds is 5. The van der Waals surface area contributed by atoms with E-state index in [0.717, 1.165) is 12.0 Å². The van der Waals surface area contributed by atoms with E-state index in [1.807, 2.05) is 0 Å². The van der Waals surface area contributed by atoms with Gasteiger partial charge in [0.05, 0.1) is 18.1 Å². The van der Waals surface area contributed by atoms with E-state index in [0.29, 0.717) is 12.2 Å². The summed E-state index contributed by atoms with van der Waals surface area (Å²) >= 11 is 0. The molecule has 6 heteroatoms. The minimum atomic E-state index is -0.996. The molecular weight excluding hydrogens is 260 g/mol. The number of benzene rings is 1. The number of nitrogens with zero attached hydrogens (tertiary/aromatic N) is 1. The zero-order valence-corrected chi connectivity index (χ0v) is 11.3. The van der Waals surface area contributed by atoms with Gasteiger partial charge >= 0.3 is 5.97 Å². The zero-order chi connectivity index (χ0) is 14.7. The molecule has 0 saturated carbocycles. The molecule has 6 nitrogen and oxygen atoms in total. The van der Waals surface area contributed by atoms with Crippen molar-refractivity contribution in [2.75, 3.05) is 25.1 Å². The second-order valence-corrected chi connectivity index (χ2v) is 4.74. The molecule has 2 rings (SSSR count). The maximum Gasteiger partial charge on any atom is 0.335 e. The van der Waals surface area contributed by atoms with Gasteiger partial charge in [0, 0.05) is 25.9 Å². The first-order chi connectivity index (χ1) is 9.56. The molecule has 1 aromatic rings. The van der Waals surface area contributed by atoms with Crippen LogP contribution in [0.4, 0.5) is 5.69 Å². The Balaban J connectivity index is 2.20. The van der Waals surface area contributed by atoms with Crippen LogP contribution in [0.3, 0.4) is 0 Å². The normalized spacial score (nSPS) is 15.0. The number of nitrogens with two attached hydrogens (primary N) is 1. The van der Waals surface area contributed by atoms with Crippen molar-refractivity contribution >= 4 is 17.6 Å². The zero-order valence-electron chi connectivity index (χ0n) is 11.3. The summed E-state index contributed by atoms with van der Waals surface area (Å²) in [5.41, 5.74) is 7.37. The molecule has 0 spiro atoms. The summed E-state index contributed by atoms with van der Waals surface area (Å²) in [6.07, 6.45) is 0.625. The van der Waals surface area contributed by atoms with Crippen LogP contribution in [0.2, 0.25) is 0 Å². The second kappa shape index (κ2) is 6.02. The molecule has 20 heavy (non-hydrogen) atoms. The second-order valence-electron chi connectivity index (χ2n) is 4.74. The molecule has 0 radical (unpaired) electrons. The number of fused-ring (bicyclic) bond motifs is 1. The molecule has 0 fully saturated rings. The lowest BCUT2D eigenvalue weighted by atomic mass is 10.1. The molecule has 3 N–H and O–H groups in total. The van der Waals surface area contributed by atoms with Gasteiger partial charge in [0.15, 0.2) is 0 Å². The summed E-state index contributed by atoms with van der Waals surface area (Å²) in [6.45, 7) is 0.844. The van der Waals surface area contributed by atoms with Crippen molar-refractivity contribution in [3.8, 4) is 0 Å². The number of amides is 1. The molecule has 0 aromatic heterocycles. The standard InChI is InChI=1S/C14H18N2O4/c1-20-11(8-15)7-13(17)16-5-4-9-2-3-10(14(18)19)6-12(9)16/h2-3,6,11H,4-5,7-8,15H2,1H3,(H,18,19). The molecule has 1 atom stereocenters. The van der Waals surface area contributed by atoms with Crippen LogP contribution in [0.15, 0.2) is 18.2 Å². The van der Waals surface area contributed by atoms with Gasteiger partial charge in [-0.1, -0.05) is 6.07 Å². The largest absolute Gasteiger partial charge is 0.478 e. The lowest BCUT2D eigenvalue weighted by molar-refractivity contribution is -0.120. The van der Waals surface area contributed by atoms with E-state index in [1.165, 1.54) is 7.11 Å². The predicted octanol–water partition coefficient (Wildman–Crippen LogP) is 0.638. The minimum absolute atomic E-state index is 0.0939. The molecule has 1 aliphatic heterocycles. The van der Waals surface area contributed by atoms with Crippen LogP contribution in [0.5, 0.6) is 0 Å². The summed E-state index contributed by atoms with van der Waals surface area (Å²) in [4.78, 5) is 24.9. The minimum Gasteiger partial charge on any atom is -0.478 e. The Hall–Kier alpha value is -1.92. The fourth-order valence-corrected chi connectivity index (χ4v) is 2.34. The van der Waals surface area contributed by atoms with Crippen molar-refractivity contribution in [2.24, 2.45) is 5.73 Å². The number of anilines is 1. The number of carboxylic acid groups (broad SMARTS) is 1. The predicted molar refractivity (Wildman–Crippen MR) is 73.9 cm³/mol. The van der Waals surface area contributed by atoms with E-state index < -0.39 is 5.97 Å². The molecule has 0 saturated heterocycles. The molecule has 0 bridgehead atoms. The number of hydrogen-bond donors (Lipinski definition) is 2. The number of hydrogen-bond acceptors (Lipinski definition) is 4. The van der Waals surface area contributed by atoms with E-state index in [4.69, 9.17) is 15.6 Å². The van der Waals surface area contributed by atoms with Gasteiger partial charge in [0.25, 0.3) is 0 Å². The summed E-state index contributed by atoms with van der Waals surface area (Å²) in [5, 5.41) is 9.02. The monoisotopic (exact) mass is 278 g/mol. The van der Waals surface area contributed by atoms with E-state index in [9.17, 15) is 9.59 Å². The van der Waals surface area contributed by atoms with Gasteiger partial charge < -0.3 is 20.5 Å². The van der Waals surface area contributed by atoms with E-state index >= 15 is 0 Å². The van der Waals surface area contributed by atoms with Crippen LogP contribution in [-0.2, 0) is 16.0 Å². The molecule has 1 heterocycles. The molecule has 1 unspecified atom stereocenters. The number of ether oxygens (including phenoxy) is 1. The van der Waals surface area contributed by atoms with Crippen LogP contribution in [0, 0.1) is 0 Å². The highest BCUT2D eigenvalue weighted by atomic mass is 16.5. The Morgan fingerprint density at radius 2 is 2.25 bits per heavy atom. The topological polar surface area (TPSA) is 92.9 Å². The number of carbonyl (C=O) groups excluding carboxylic acids is 1. The highest BCUT2D eigenvalue weighted by Crippen LogP contribution is 2.29. The molecule has 108 valence electrons. The van der Waals surface area contributed by atoms with Gasteiger partial charge in [-0.05, 0) is 24.1 Å². The average Bonchev–Trinajstić information content (AvgIpc) is 2.87. The average molecular weight is 278 g/mol. The Morgan fingerprint density at radius 3 is 2.85 bits per heavy atom. The quantitative estimate of drug-likeness (QED) is 0.824. The van der Waals surface area contributed by atoms with Crippen molar-refractivity contribution in [3.63, 3.8) is 0 Å². The number of aromatic carboxylic acids is 1. The van der Waals surface area contributed by atoms with Crippen LogP contribution in [-0.4, -0.2) is 43.3 Å². The Kier molecular flexibility index (Phi) is 4.36. The van der Waals surface area contributed by atoms with Gasteiger partial charge in [0.2, 0.25) is 5.91 Å². The Morgan fingerprint density at radius 1 is 1.50 bits per heavy atom. The molecule has 1 amide bonds. The highest BCUT2D eigenvalue weighted by Gasteiger charge is 2.27. The number of carbonyl (C=O) groups is 2. The third-order valence-electron chi connectivity index (χ3n) is 3.53. The van der Waals surface area contributed by atoms with Gasteiger partial charge in [-0.3, -0.25) is 4.79 Å². The van der Waals surface area contributed by atoms with Crippen LogP contribution in [0.1, 0.15) is 22.3 Å². The summed E-state index contributed by atoms with van der Waals surface area (Å²) in [6, 6.07) is 4.88. The first-order valence-corrected chi connectivity index (χ1v) is 6.46. The van der Waals surface area contributed by atoms with Crippen molar-refractivity contribution in [1.82, 2.24) is 0 Å². The first kappa shape index (κ1) is 14.5. The maximum absolute atomic E-state index is 12.3. The van der Waals surface area contributed by atoms with Crippen LogP contribution in [0.25, 0.3) is 0 Å². The van der Waals surface area contributed by atoms with E-state index in [2.05, 4.69) is 0 Å². The lowest BCUT2D eigenvalue weighted by Crippen LogP contribution is -2.35. The fraction of sp³-hybridized carbons (Fsp3) is 0.429. The molecule has 1 aromatic carbocycles. The van der Waals surface area contributed by atoms with Crippen LogP contribution >= 0.6 is 0 Å². The number of methoxy groups -OCH3 is 1.